The van der Waals surface area contributed by atoms with Gasteiger partial charge in [-0.15, -0.1) is 0 Å². The molecule has 0 saturated heterocycles. The van der Waals surface area contributed by atoms with Crippen molar-refractivity contribution in [3.63, 3.8) is 0 Å². The van der Waals surface area contributed by atoms with Crippen molar-refractivity contribution in [2.75, 3.05) is 0 Å². The summed E-state index contributed by atoms with van der Waals surface area (Å²) in [5.74, 6) is 0.403. The molecule has 0 unspecified atom stereocenters. The Morgan fingerprint density at radius 3 is 2.00 bits per heavy atom. The third-order valence-corrected chi connectivity index (χ3v) is 6.86. The van der Waals surface area contributed by atoms with Crippen molar-refractivity contribution in [3.05, 3.63) is 136 Å². The lowest BCUT2D eigenvalue weighted by Gasteiger charge is -2.17. The minimum Gasteiger partial charge on any atom is -0.507 e. The lowest BCUT2D eigenvalue weighted by Crippen LogP contribution is -2.09. The van der Waals surface area contributed by atoms with E-state index in [0.717, 1.165) is 53.6 Å². The summed E-state index contributed by atoms with van der Waals surface area (Å²) in [5.41, 5.74) is 10.2. The van der Waals surface area contributed by atoms with Gasteiger partial charge in [-0.3, -0.25) is 4.99 Å². The molecule has 2 nitrogen and oxygen atoms in total. The van der Waals surface area contributed by atoms with E-state index in [9.17, 15) is 5.11 Å². The Kier molecular flexibility index (Phi) is 4.65. The van der Waals surface area contributed by atoms with Gasteiger partial charge in [0.05, 0.1) is 5.71 Å². The summed E-state index contributed by atoms with van der Waals surface area (Å²) >= 11 is 0. The zero-order valence-electron chi connectivity index (χ0n) is 18.0. The smallest absolute Gasteiger partial charge is 0.128 e. The topological polar surface area (TPSA) is 32.6 Å². The van der Waals surface area contributed by atoms with Gasteiger partial charge in [0.15, 0.2) is 0 Å². The minimum atomic E-state index is -0.0380. The maximum absolute atomic E-state index is 11.5. The van der Waals surface area contributed by atoms with Gasteiger partial charge in [-0.05, 0) is 59.1 Å². The fraction of sp³-hybridized carbons (Fsp3) is 0.167. The van der Waals surface area contributed by atoms with E-state index >= 15 is 0 Å². The molecule has 32 heavy (non-hydrogen) atoms. The van der Waals surface area contributed by atoms with Crippen LogP contribution in [0.4, 0.5) is 0 Å². The van der Waals surface area contributed by atoms with Gasteiger partial charge < -0.3 is 5.11 Å². The highest BCUT2D eigenvalue weighted by atomic mass is 16.3. The lowest BCUT2D eigenvalue weighted by molar-refractivity contribution is 0.466. The van der Waals surface area contributed by atoms with E-state index in [0.29, 0.717) is 5.75 Å². The lowest BCUT2D eigenvalue weighted by atomic mass is 9.88. The zero-order chi connectivity index (χ0) is 21.5. The molecule has 1 heterocycles. The van der Waals surface area contributed by atoms with Crippen LogP contribution >= 0.6 is 0 Å². The molecule has 2 heteroatoms. The van der Waals surface area contributed by atoms with Crippen molar-refractivity contribution in [3.8, 4) is 5.75 Å². The molecule has 156 valence electrons. The Morgan fingerprint density at radius 2 is 1.25 bits per heavy atom. The number of hydrogen-bond donors (Lipinski definition) is 1. The molecule has 0 spiro atoms. The number of aryl methyl sites for hydroxylation is 4. The van der Waals surface area contributed by atoms with Gasteiger partial charge in [-0.1, -0.05) is 91.0 Å². The third kappa shape index (κ3) is 3.23. The van der Waals surface area contributed by atoms with E-state index in [1.54, 1.807) is 0 Å². The molecule has 0 amide bonds. The van der Waals surface area contributed by atoms with Crippen LogP contribution in [0.15, 0.2) is 96.0 Å². The van der Waals surface area contributed by atoms with Crippen LogP contribution in [0.5, 0.6) is 5.75 Å². The van der Waals surface area contributed by atoms with Gasteiger partial charge in [0, 0.05) is 11.1 Å². The van der Waals surface area contributed by atoms with E-state index in [4.69, 9.17) is 4.99 Å². The van der Waals surface area contributed by atoms with Crippen LogP contribution in [0.25, 0.3) is 0 Å². The van der Waals surface area contributed by atoms with E-state index in [1.807, 2.05) is 6.07 Å². The molecule has 1 aliphatic heterocycles. The molecule has 0 radical (unpaired) electrons. The molecule has 0 aromatic heterocycles. The van der Waals surface area contributed by atoms with Gasteiger partial charge in [0.2, 0.25) is 0 Å². The summed E-state index contributed by atoms with van der Waals surface area (Å²) < 4.78 is 0. The number of phenols is 1. The molecule has 4 aromatic carbocycles. The Bertz CT molecular complexity index is 1320. The Hall–Kier alpha value is -3.65. The van der Waals surface area contributed by atoms with Gasteiger partial charge >= 0.3 is 0 Å². The quantitative estimate of drug-likeness (QED) is 0.414. The number of phenolic OH excluding ortho intramolecular Hbond substituents is 1. The van der Waals surface area contributed by atoms with Crippen LogP contribution < -0.4 is 0 Å². The van der Waals surface area contributed by atoms with Crippen molar-refractivity contribution >= 4 is 5.71 Å². The first kappa shape index (κ1) is 19.1. The van der Waals surface area contributed by atoms with E-state index in [1.165, 1.54) is 22.3 Å². The number of aliphatic imine (C=N–C) groups is 1. The van der Waals surface area contributed by atoms with Gasteiger partial charge in [-0.2, -0.15) is 0 Å². The standard InChI is InChI=1S/C30H25NO/c32-30-24-17-15-21-12-10-20(11-13-21)14-16-22(18-19-24)27(30)29-26-9-5-4-8-25(26)28(31-29)23-6-2-1-3-7-23/h1-13,18-19,28,32H,14-17H2/t28-/m1/s1. The molecular formula is C30H25NO. The number of nitrogens with zero attached hydrogens (tertiary/aromatic N) is 1. The maximum Gasteiger partial charge on any atom is 0.128 e. The minimum absolute atomic E-state index is 0.0380. The monoisotopic (exact) mass is 415 g/mol. The average molecular weight is 416 g/mol. The highest BCUT2D eigenvalue weighted by molar-refractivity contribution is 6.18. The first-order valence-electron chi connectivity index (χ1n) is 11.4. The fourth-order valence-corrected chi connectivity index (χ4v) is 5.09. The number of fused-ring (bicyclic) bond motifs is 1. The SMILES string of the molecule is Oc1c2ccc(c1C1=N[C@H](c3ccccc3)c3ccccc31)CCc1ccc(cc1)CC2. The number of benzene rings is 4. The van der Waals surface area contributed by atoms with Crippen molar-refractivity contribution in [1.82, 2.24) is 0 Å². The highest BCUT2D eigenvalue weighted by Crippen LogP contribution is 2.40. The summed E-state index contributed by atoms with van der Waals surface area (Å²) in [5, 5.41) is 11.5. The average Bonchev–Trinajstić information content (AvgIpc) is 3.21. The molecule has 0 fully saturated rings. The van der Waals surface area contributed by atoms with Crippen LogP contribution in [0.2, 0.25) is 0 Å². The molecule has 5 aliphatic rings. The Labute approximate surface area is 188 Å². The van der Waals surface area contributed by atoms with E-state index in [2.05, 4.69) is 84.9 Å². The van der Waals surface area contributed by atoms with Crippen LogP contribution in [0, 0.1) is 0 Å². The van der Waals surface area contributed by atoms with Crippen molar-refractivity contribution in [2.45, 2.75) is 31.7 Å². The number of aromatic hydroxyl groups is 1. The molecule has 4 aromatic rings. The van der Waals surface area contributed by atoms with E-state index in [-0.39, 0.29) is 6.04 Å². The summed E-state index contributed by atoms with van der Waals surface area (Å²) in [4.78, 5) is 5.23. The highest BCUT2D eigenvalue weighted by Gasteiger charge is 2.30. The van der Waals surface area contributed by atoms with Crippen LogP contribution in [-0.4, -0.2) is 10.8 Å². The zero-order valence-corrected chi connectivity index (χ0v) is 18.0. The first-order valence-corrected chi connectivity index (χ1v) is 11.4. The second-order valence-corrected chi connectivity index (χ2v) is 8.80. The molecule has 1 N–H and O–H groups in total. The maximum atomic E-state index is 11.5. The van der Waals surface area contributed by atoms with Crippen LogP contribution in [0.1, 0.15) is 50.5 Å². The van der Waals surface area contributed by atoms with Crippen molar-refractivity contribution in [1.29, 1.82) is 0 Å². The summed E-state index contributed by atoms with van der Waals surface area (Å²) in [6.07, 6.45) is 3.56. The second-order valence-electron chi connectivity index (χ2n) is 8.80. The number of hydrogen-bond acceptors (Lipinski definition) is 2. The molecule has 4 bridgehead atoms. The summed E-state index contributed by atoms with van der Waals surface area (Å²) in [6, 6.07) is 32.1. The molecule has 1 atom stereocenters. The van der Waals surface area contributed by atoms with Gasteiger partial charge in [-0.25, -0.2) is 0 Å². The molecule has 0 saturated carbocycles. The summed E-state index contributed by atoms with van der Waals surface area (Å²) in [6.45, 7) is 0. The largest absolute Gasteiger partial charge is 0.507 e. The van der Waals surface area contributed by atoms with E-state index < -0.39 is 0 Å². The van der Waals surface area contributed by atoms with Crippen molar-refractivity contribution < 1.29 is 5.11 Å². The fourth-order valence-electron chi connectivity index (χ4n) is 5.09. The summed E-state index contributed by atoms with van der Waals surface area (Å²) in [7, 11) is 0. The third-order valence-electron chi connectivity index (χ3n) is 6.86. The Balaban J connectivity index is 1.52. The molecule has 4 aliphatic carbocycles. The normalized spacial score (nSPS) is 16.9. The van der Waals surface area contributed by atoms with Crippen molar-refractivity contribution in [2.24, 2.45) is 4.99 Å². The number of rotatable bonds is 2. The van der Waals surface area contributed by atoms with Gasteiger partial charge in [0.25, 0.3) is 0 Å². The van der Waals surface area contributed by atoms with Gasteiger partial charge in [0.1, 0.15) is 11.8 Å². The second kappa shape index (κ2) is 7.80. The Morgan fingerprint density at radius 1 is 0.625 bits per heavy atom. The molecular weight excluding hydrogens is 390 g/mol. The molecule has 9 rings (SSSR count). The predicted molar refractivity (Wildman–Crippen MR) is 130 cm³/mol. The predicted octanol–water partition coefficient (Wildman–Crippen LogP) is 6.22. The van der Waals surface area contributed by atoms with Crippen LogP contribution in [0.3, 0.4) is 0 Å². The van der Waals surface area contributed by atoms with Crippen LogP contribution in [-0.2, 0) is 25.7 Å². The first-order chi connectivity index (χ1) is 15.8.